The fourth-order valence-corrected chi connectivity index (χ4v) is 3.05. The quantitative estimate of drug-likeness (QED) is 0.905. The molecule has 2 nitrogen and oxygen atoms in total. The minimum atomic E-state index is 0.164. The Bertz CT molecular complexity index is 622. The van der Waals surface area contributed by atoms with E-state index in [-0.39, 0.29) is 6.04 Å². The summed E-state index contributed by atoms with van der Waals surface area (Å²) in [5, 5.41) is 1.25. The first-order valence-corrected chi connectivity index (χ1v) is 7.35. The molecule has 0 aromatic heterocycles. The number of hydrogen-bond donors (Lipinski definition) is 1. The second-order valence-electron chi connectivity index (χ2n) is 4.99. The van der Waals surface area contributed by atoms with E-state index in [2.05, 4.69) is 12.1 Å². The lowest BCUT2D eigenvalue weighted by atomic mass is 10.1. The fraction of sp³-hybridized carbons (Fsp3) is 0.250. The highest BCUT2D eigenvalue weighted by Gasteiger charge is 2.19. The maximum atomic E-state index is 6.13. The highest BCUT2D eigenvalue weighted by Crippen LogP contribution is 2.32. The van der Waals surface area contributed by atoms with E-state index in [4.69, 9.17) is 33.7 Å². The maximum absolute atomic E-state index is 6.13. The van der Waals surface area contributed by atoms with Crippen LogP contribution >= 0.6 is 23.2 Å². The molecule has 0 aliphatic heterocycles. The molecule has 3 rings (SSSR count). The van der Waals surface area contributed by atoms with Crippen molar-refractivity contribution in [2.24, 2.45) is 5.73 Å². The van der Waals surface area contributed by atoms with Crippen LogP contribution < -0.4 is 10.5 Å². The molecular weight excluding hydrogens is 293 g/mol. The van der Waals surface area contributed by atoms with Crippen molar-refractivity contribution in [2.45, 2.75) is 25.5 Å². The van der Waals surface area contributed by atoms with Gasteiger partial charge in [0.15, 0.2) is 0 Å². The zero-order chi connectivity index (χ0) is 14.1. The van der Waals surface area contributed by atoms with E-state index in [1.54, 1.807) is 0 Å². The van der Waals surface area contributed by atoms with Gasteiger partial charge in [0, 0.05) is 21.7 Å². The highest BCUT2D eigenvalue weighted by atomic mass is 35.5. The minimum absolute atomic E-state index is 0.164. The van der Waals surface area contributed by atoms with Crippen LogP contribution in [0.15, 0.2) is 36.4 Å². The van der Waals surface area contributed by atoms with E-state index in [0.29, 0.717) is 16.7 Å². The Balaban J connectivity index is 1.76. The molecule has 20 heavy (non-hydrogen) atoms. The van der Waals surface area contributed by atoms with Crippen LogP contribution in [0.4, 0.5) is 0 Å². The smallest absolute Gasteiger partial charge is 0.120 e. The van der Waals surface area contributed by atoms with E-state index in [0.717, 1.165) is 24.2 Å². The van der Waals surface area contributed by atoms with Gasteiger partial charge in [0.1, 0.15) is 12.4 Å². The lowest BCUT2D eigenvalue weighted by Gasteiger charge is -2.11. The minimum Gasteiger partial charge on any atom is -0.489 e. The summed E-state index contributed by atoms with van der Waals surface area (Å²) < 4.78 is 5.80. The van der Waals surface area contributed by atoms with Crippen molar-refractivity contribution in [2.75, 3.05) is 0 Å². The van der Waals surface area contributed by atoms with E-state index < -0.39 is 0 Å². The highest BCUT2D eigenvalue weighted by molar-refractivity contribution is 6.35. The third-order valence-electron chi connectivity index (χ3n) is 3.68. The molecule has 0 saturated heterocycles. The molecule has 0 bridgehead atoms. The Hall–Kier alpha value is -1.22. The molecule has 0 spiro atoms. The van der Waals surface area contributed by atoms with Crippen molar-refractivity contribution in [3.63, 3.8) is 0 Å². The van der Waals surface area contributed by atoms with E-state index in [1.807, 2.05) is 24.3 Å². The molecule has 1 aliphatic carbocycles. The van der Waals surface area contributed by atoms with Gasteiger partial charge in [0.05, 0.1) is 0 Å². The van der Waals surface area contributed by atoms with Gasteiger partial charge in [-0.2, -0.15) is 0 Å². The summed E-state index contributed by atoms with van der Waals surface area (Å²) >= 11 is 12.3. The molecule has 0 radical (unpaired) electrons. The van der Waals surface area contributed by atoms with Crippen LogP contribution in [-0.4, -0.2) is 0 Å². The molecule has 2 N–H and O–H groups in total. The van der Waals surface area contributed by atoms with E-state index >= 15 is 0 Å². The number of benzene rings is 2. The molecule has 1 aliphatic rings. The van der Waals surface area contributed by atoms with E-state index in [1.165, 1.54) is 11.1 Å². The van der Waals surface area contributed by atoms with Gasteiger partial charge in [-0.25, -0.2) is 0 Å². The van der Waals surface area contributed by atoms with Crippen molar-refractivity contribution >= 4 is 23.2 Å². The van der Waals surface area contributed by atoms with Gasteiger partial charge in [-0.1, -0.05) is 35.3 Å². The number of aryl methyl sites for hydroxylation is 1. The van der Waals surface area contributed by atoms with Crippen LogP contribution in [0.1, 0.15) is 29.2 Å². The number of hydrogen-bond acceptors (Lipinski definition) is 2. The van der Waals surface area contributed by atoms with E-state index in [9.17, 15) is 0 Å². The van der Waals surface area contributed by atoms with Crippen LogP contribution in [0, 0.1) is 0 Å². The molecule has 4 heteroatoms. The molecule has 0 fully saturated rings. The molecule has 1 atom stereocenters. The third kappa shape index (κ3) is 2.64. The molecule has 104 valence electrons. The zero-order valence-electron chi connectivity index (χ0n) is 10.9. The van der Waals surface area contributed by atoms with Crippen LogP contribution in [-0.2, 0) is 13.0 Å². The average Bonchev–Trinajstić information content (AvgIpc) is 2.79. The summed E-state index contributed by atoms with van der Waals surface area (Å²) in [5.74, 6) is 0.828. The Morgan fingerprint density at radius 2 is 1.90 bits per heavy atom. The summed E-state index contributed by atoms with van der Waals surface area (Å²) in [4.78, 5) is 0. The topological polar surface area (TPSA) is 35.2 Å². The zero-order valence-corrected chi connectivity index (χ0v) is 12.4. The predicted octanol–water partition coefficient (Wildman–Crippen LogP) is 4.52. The van der Waals surface area contributed by atoms with Crippen LogP contribution in [0.3, 0.4) is 0 Å². The second-order valence-corrected chi connectivity index (χ2v) is 5.81. The van der Waals surface area contributed by atoms with Gasteiger partial charge in [-0.15, -0.1) is 0 Å². The first-order valence-electron chi connectivity index (χ1n) is 6.59. The molecule has 0 saturated carbocycles. The Kier molecular flexibility index (Phi) is 3.88. The van der Waals surface area contributed by atoms with Gasteiger partial charge in [0.2, 0.25) is 0 Å². The van der Waals surface area contributed by atoms with Crippen molar-refractivity contribution in [1.82, 2.24) is 0 Å². The monoisotopic (exact) mass is 307 g/mol. The number of halogens is 2. The first-order chi connectivity index (χ1) is 9.65. The van der Waals surface area contributed by atoms with Crippen molar-refractivity contribution in [1.29, 1.82) is 0 Å². The molecule has 2 aromatic rings. The first kappa shape index (κ1) is 13.7. The van der Waals surface area contributed by atoms with Crippen molar-refractivity contribution < 1.29 is 4.74 Å². The molecule has 0 heterocycles. The molecule has 0 amide bonds. The lowest BCUT2D eigenvalue weighted by molar-refractivity contribution is 0.306. The van der Waals surface area contributed by atoms with Gasteiger partial charge < -0.3 is 10.5 Å². The van der Waals surface area contributed by atoms with Gasteiger partial charge in [-0.05, 0) is 48.2 Å². The summed E-state index contributed by atoms with van der Waals surface area (Å²) in [6, 6.07) is 11.7. The number of ether oxygens (including phenoxy) is 1. The number of fused-ring (bicyclic) bond motifs is 1. The van der Waals surface area contributed by atoms with Crippen LogP contribution in [0.25, 0.3) is 0 Å². The van der Waals surface area contributed by atoms with Crippen LogP contribution in [0.2, 0.25) is 10.0 Å². The van der Waals surface area contributed by atoms with Gasteiger partial charge in [0.25, 0.3) is 0 Å². The summed E-state index contributed by atoms with van der Waals surface area (Å²) in [6.07, 6.45) is 2.02. The number of rotatable bonds is 3. The standard InChI is InChI=1S/C16H15Cl2NO/c17-14-2-1-3-15(18)13(14)9-20-11-5-6-12-10(8-11)4-7-16(12)19/h1-3,5-6,8,16H,4,7,9,19H2. The average molecular weight is 308 g/mol. The van der Waals surface area contributed by atoms with Crippen molar-refractivity contribution in [3.05, 3.63) is 63.1 Å². The summed E-state index contributed by atoms with van der Waals surface area (Å²) in [5.41, 5.74) is 9.35. The SMILES string of the molecule is NC1CCc2cc(OCc3c(Cl)cccc3Cl)ccc21. The second kappa shape index (κ2) is 5.65. The Labute approximate surface area is 128 Å². The molecule has 1 unspecified atom stereocenters. The van der Waals surface area contributed by atoms with Gasteiger partial charge in [-0.3, -0.25) is 0 Å². The lowest BCUT2D eigenvalue weighted by Crippen LogP contribution is -2.05. The van der Waals surface area contributed by atoms with Crippen LogP contribution in [0.5, 0.6) is 5.75 Å². The summed E-state index contributed by atoms with van der Waals surface area (Å²) in [6.45, 7) is 0.364. The van der Waals surface area contributed by atoms with Gasteiger partial charge >= 0.3 is 0 Å². The molecule has 2 aromatic carbocycles. The number of nitrogens with two attached hydrogens (primary N) is 1. The third-order valence-corrected chi connectivity index (χ3v) is 4.39. The van der Waals surface area contributed by atoms with Crippen molar-refractivity contribution in [3.8, 4) is 5.75 Å². The Morgan fingerprint density at radius 1 is 1.15 bits per heavy atom. The largest absolute Gasteiger partial charge is 0.489 e. The fourth-order valence-electron chi connectivity index (χ4n) is 2.54. The maximum Gasteiger partial charge on any atom is 0.120 e. The summed E-state index contributed by atoms with van der Waals surface area (Å²) in [7, 11) is 0. The predicted molar refractivity (Wildman–Crippen MR) is 82.5 cm³/mol. The molecular formula is C16H15Cl2NO. The Morgan fingerprint density at radius 3 is 2.65 bits per heavy atom. The normalized spacial score (nSPS) is 17.1.